The molecule has 0 N–H and O–H groups in total. The number of carbonyl (C=O) groups is 1. The van der Waals surface area contributed by atoms with Crippen LogP contribution in [0.4, 0.5) is 0 Å². The topological polar surface area (TPSA) is 81.8 Å². The number of hydrogen-bond donors (Lipinski definition) is 0. The molecule has 1 fully saturated rings. The molecule has 9 aromatic carbocycles. The largest absolute Gasteiger partial charge is 0.456 e. The third kappa shape index (κ3) is 44.4. The molecule has 0 unspecified atom stereocenters. The summed E-state index contributed by atoms with van der Waals surface area (Å²) in [7, 11) is 0. The molecule has 14 aromatic rings. The SMILES string of the molecule is C1=CCC=C1.CC.CC.CC.CC.CC.CC.CC.CC.CC.CC.CC.CC.CC.CC.CC.CC.CC(C)(c1ccccc1)c1ccccc1.O=C1c2ccccc2-c2ccccc21.c1ccc(-c2ccccn2)nc1.c1ccc(C2CCCCC2)cc1.c1ccc2c(c1)Cc1ccccc1-2.c1ccc2c(c1)oc1ccccc12.c1cnc2c(c1)Cc1cccnc1-2. The summed E-state index contributed by atoms with van der Waals surface area (Å²) in [4.78, 5) is 28.9. The van der Waals surface area contributed by atoms with Crippen molar-refractivity contribution < 1.29 is 9.21 Å². The molecule has 700 valence electrons. The highest BCUT2D eigenvalue weighted by molar-refractivity contribution is 6.21. The third-order valence-corrected chi connectivity index (χ3v) is 18.1. The summed E-state index contributed by atoms with van der Waals surface area (Å²) in [6.07, 6.45) is 25.9. The van der Waals surface area contributed by atoms with E-state index in [-0.39, 0.29) is 11.2 Å². The second-order valence-corrected chi connectivity index (χ2v) is 24.8. The van der Waals surface area contributed by atoms with E-state index in [0.29, 0.717) is 0 Å². The lowest BCUT2D eigenvalue weighted by Crippen LogP contribution is -2.18. The Morgan fingerprint density at radius 3 is 0.876 bits per heavy atom. The molecule has 5 aliphatic rings. The van der Waals surface area contributed by atoms with Gasteiger partial charge in [0, 0.05) is 58.5 Å². The number of rotatable bonds is 4. The number of para-hydroxylation sites is 2. The fraction of sp³-hybridized carbons (Fsp3) is 0.358. The van der Waals surface area contributed by atoms with Gasteiger partial charge in [-0.1, -0.05) is 528 Å². The molecule has 0 bridgehead atoms. The molecule has 5 heterocycles. The van der Waals surface area contributed by atoms with E-state index < -0.39 is 0 Å². The van der Waals surface area contributed by atoms with Crippen LogP contribution in [0.2, 0.25) is 0 Å². The van der Waals surface area contributed by atoms with Gasteiger partial charge in [-0.3, -0.25) is 24.7 Å². The fourth-order valence-corrected chi connectivity index (χ4v) is 13.0. The maximum atomic E-state index is 11.9. The Bertz CT molecular complexity index is 4500. The van der Waals surface area contributed by atoms with Gasteiger partial charge in [-0.2, -0.15) is 0 Å². The Morgan fingerprint density at radius 1 is 0.264 bits per heavy atom. The highest BCUT2D eigenvalue weighted by Crippen LogP contribution is 2.39. The standard InChI is InChI=1S/C15H16.C13H8O.C13H10.C12H8O.C12H16.C11H8N2.C10H8N2.C5H6.16C2H6/c1-15(2,13-9-5-3-6-10-13)14-11-7-4-8-12-14;14-13-11-7-3-1-5-9(11)10-6-2-4-8-12(10)13;1-3-7-12-10(5-1)9-11-6-2-4-8-13(11)12;1-3-7-11-9(5-1)10-6-2-4-8-12(10)13-11;1-3-7-11(8-4-1)12-9-5-2-6-10-12;1-3-8-7-9-4-2-6-13-11(9)10(8)12-5-1;1-3-7-11-9(5-1)10-6-2-4-8-12-10;1-2-4-5-3-1;16*1-2/h3-12H,1-2H3;1-8H;1-8H,9H2;1-8H;1,3-4,7-8,12H,2,5-6,9-10H2;1-6H,7H2;1-8H;1-4H,5H2;16*1-2H3. The first-order chi connectivity index (χ1) is 63.9. The summed E-state index contributed by atoms with van der Waals surface area (Å²) in [6, 6.07) is 101. The van der Waals surface area contributed by atoms with E-state index >= 15 is 0 Å². The zero-order valence-electron chi connectivity index (χ0n) is 87.2. The van der Waals surface area contributed by atoms with Crippen molar-refractivity contribution in [3.05, 3.63) is 396 Å². The Morgan fingerprint density at radius 2 is 0.543 bits per heavy atom. The molecule has 0 atom stereocenters. The van der Waals surface area contributed by atoms with Crippen molar-refractivity contribution in [3.8, 4) is 45.0 Å². The van der Waals surface area contributed by atoms with E-state index in [9.17, 15) is 4.79 Å². The smallest absolute Gasteiger partial charge is 0.194 e. The van der Waals surface area contributed by atoms with Gasteiger partial charge in [0.2, 0.25) is 0 Å². The molecule has 5 aliphatic carbocycles. The van der Waals surface area contributed by atoms with Gasteiger partial charge in [0.1, 0.15) is 11.2 Å². The van der Waals surface area contributed by atoms with Crippen LogP contribution in [0.1, 0.15) is 335 Å². The van der Waals surface area contributed by atoms with Crippen molar-refractivity contribution in [1.29, 1.82) is 0 Å². The minimum absolute atomic E-state index is 0.0858. The van der Waals surface area contributed by atoms with Gasteiger partial charge in [0.05, 0.1) is 22.8 Å². The lowest BCUT2D eigenvalue weighted by molar-refractivity contribution is 0.104. The zero-order valence-corrected chi connectivity index (χ0v) is 87.2. The fourth-order valence-electron chi connectivity index (χ4n) is 13.0. The number of carbonyl (C=O) groups excluding carboxylic acids is 1. The third-order valence-electron chi connectivity index (χ3n) is 18.1. The lowest BCUT2D eigenvalue weighted by atomic mass is 9.78. The number of benzene rings is 9. The lowest BCUT2D eigenvalue weighted by Gasteiger charge is -2.25. The summed E-state index contributed by atoms with van der Waals surface area (Å²) in [5.41, 5.74) is 22.3. The van der Waals surface area contributed by atoms with Crippen LogP contribution in [0.15, 0.2) is 351 Å². The molecular weight excluding hydrogens is 1570 g/mol. The van der Waals surface area contributed by atoms with Crippen LogP contribution in [-0.2, 0) is 18.3 Å². The van der Waals surface area contributed by atoms with Crippen LogP contribution in [0.5, 0.6) is 0 Å². The molecule has 0 radical (unpaired) electrons. The molecular formula is C123H176N4O2. The van der Waals surface area contributed by atoms with Crippen LogP contribution >= 0.6 is 0 Å². The van der Waals surface area contributed by atoms with Crippen LogP contribution < -0.4 is 0 Å². The van der Waals surface area contributed by atoms with Crippen molar-refractivity contribution in [1.82, 2.24) is 19.9 Å². The van der Waals surface area contributed by atoms with Crippen molar-refractivity contribution in [2.24, 2.45) is 0 Å². The van der Waals surface area contributed by atoms with Gasteiger partial charge in [0.15, 0.2) is 5.78 Å². The predicted molar refractivity (Wildman–Crippen MR) is 583 cm³/mol. The summed E-state index contributed by atoms with van der Waals surface area (Å²) >= 11 is 0. The number of allylic oxidation sites excluding steroid dienone is 4. The maximum absolute atomic E-state index is 11.9. The average molecular weight is 1740 g/mol. The van der Waals surface area contributed by atoms with Crippen molar-refractivity contribution in [2.75, 3.05) is 0 Å². The van der Waals surface area contributed by atoms with Gasteiger partial charge in [-0.05, 0) is 141 Å². The molecule has 0 saturated heterocycles. The first-order valence-electron chi connectivity index (χ1n) is 49.8. The van der Waals surface area contributed by atoms with Gasteiger partial charge >= 0.3 is 0 Å². The molecule has 0 aliphatic heterocycles. The highest BCUT2D eigenvalue weighted by Gasteiger charge is 2.26. The molecule has 6 heteroatoms. The summed E-state index contributed by atoms with van der Waals surface area (Å²) in [5.74, 6) is 1.01. The molecule has 0 amide bonds. The minimum Gasteiger partial charge on any atom is -0.456 e. The van der Waals surface area contributed by atoms with E-state index in [0.717, 1.165) is 81.4 Å². The number of pyridine rings is 4. The van der Waals surface area contributed by atoms with Gasteiger partial charge in [-0.15, -0.1) is 0 Å². The van der Waals surface area contributed by atoms with E-state index in [2.05, 4.69) is 222 Å². The normalized spacial score (nSPS) is 10.4. The monoisotopic (exact) mass is 1740 g/mol. The van der Waals surface area contributed by atoms with Crippen LogP contribution in [0, 0.1) is 0 Å². The Balaban J connectivity index is -0.000000436. The number of ketones is 1. The quantitative estimate of drug-likeness (QED) is 0.175. The number of aromatic nitrogens is 4. The Hall–Kier alpha value is -11.5. The molecule has 129 heavy (non-hydrogen) atoms. The van der Waals surface area contributed by atoms with Crippen LogP contribution in [0.3, 0.4) is 0 Å². The van der Waals surface area contributed by atoms with Crippen molar-refractivity contribution in [3.63, 3.8) is 0 Å². The van der Waals surface area contributed by atoms with Gasteiger partial charge in [-0.25, -0.2) is 0 Å². The Labute approximate surface area is 791 Å². The van der Waals surface area contributed by atoms with Crippen molar-refractivity contribution >= 4 is 27.7 Å². The van der Waals surface area contributed by atoms with Crippen molar-refractivity contribution in [2.45, 2.75) is 298 Å². The second kappa shape index (κ2) is 87.2. The molecule has 1 saturated carbocycles. The van der Waals surface area contributed by atoms with E-state index in [4.69, 9.17) is 4.42 Å². The summed E-state index contributed by atoms with van der Waals surface area (Å²) in [5, 5.41) is 2.39. The zero-order chi connectivity index (χ0) is 98.3. The molecule has 5 aromatic heterocycles. The number of hydrogen-bond acceptors (Lipinski definition) is 6. The highest BCUT2D eigenvalue weighted by atomic mass is 16.3. The van der Waals surface area contributed by atoms with Gasteiger partial charge in [0.25, 0.3) is 0 Å². The predicted octanol–water partition coefficient (Wildman–Crippen LogP) is 39.6. The average Bonchev–Trinajstić information content (AvgIpc) is 1.64. The van der Waals surface area contributed by atoms with Crippen LogP contribution in [0.25, 0.3) is 67.0 Å². The first-order valence-corrected chi connectivity index (χ1v) is 49.8. The number of fused-ring (bicyclic) bond motifs is 12. The molecule has 0 spiro atoms. The number of nitrogens with zero attached hydrogens (tertiary/aromatic N) is 4. The number of furan rings is 1. The maximum Gasteiger partial charge on any atom is 0.194 e. The van der Waals surface area contributed by atoms with Gasteiger partial charge < -0.3 is 4.42 Å². The summed E-state index contributed by atoms with van der Waals surface area (Å²) < 4.78 is 5.65. The minimum atomic E-state index is 0.0858. The molecule has 6 nitrogen and oxygen atoms in total. The van der Waals surface area contributed by atoms with E-state index in [1.54, 1.807) is 18.0 Å². The summed E-state index contributed by atoms with van der Waals surface area (Å²) in [6.45, 7) is 68.5. The van der Waals surface area contributed by atoms with Crippen LogP contribution in [-0.4, -0.2) is 25.7 Å². The Kier molecular flexibility index (Phi) is 85.2. The first kappa shape index (κ1) is 126. The van der Waals surface area contributed by atoms with E-state index in [1.807, 2.05) is 367 Å². The molecule has 19 rings (SSSR count). The van der Waals surface area contributed by atoms with E-state index in [1.165, 1.54) is 87.4 Å². The second-order valence-electron chi connectivity index (χ2n) is 24.8.